The molecule has 0 saturated carbocycles. The van der Waals surface area contributed by atoms with E-state index in [4.69, 9.17) is 11.6 Å². The fourth-order valence-electron chi connectivity index (χ4n) is 2.16. The van der Waals surface area contributed by atoms with Crippen molar-refractivity contribution < 1.29 is 4.79 Å². The average Bonchev–Trinajstić information content (AvgIpc) is 2.57. The van der Waals surface area contributed by atoms with Gasteiger partial charge in [-0.2, -0.15) is 16.9 Å². The van der Waals surface area contributed by atoms with Gasteiger partial charge in [0, 0.05) is 44.0 Å². The van der Waals surface area contributed by atoms with Gasteiger partial charge in [0.1, 0.15) is 5.78 Å². The number of aryl methyl sites for hydroxylation is 2. The quantitative estimate of drug-likeness (QED) is 0.914. The van der Waals surface area contributed by atoms with Gasteiger partial charge in [-0.3, -0.25) is 9.48 Å². The third kappa shape index (κ3) is 3.28. The van der Waals surface area contributed by atoms with Gasteiger partial charge >= 0.3 is 0 Å². The second kappa shape index (κ2) is 6.08. The summed E-state index contributed by atoms with van der Waals surface area (Å²) in [5.74, 6) is 2.38. The van der Waals surface area contributed by atoms with Crippen molar-refractivity contribution in [3.05, 3.63) is 16.4 Å². The Morgan fingerprint density at radius 3 is 3.00 bits per heavy atom. The molecule has 1 unspecified atom stereocenters. The van der Waals surface area contributed by atoms with Crippen molar-refractivity contribution in [2.45, 2.75) is 25.8 Å². The van der Waals surface area contributed by atoms with Gasteiger partial charge in [0.05, 0.1) is 16.4 Å². The third-order valence-corrected chi connectivity index (χ3v) is 4.72. The maximum absolute atomic E-state index is 12.0. The molecule has 4 nitrogen and oxygen atoms in total. The van der Waals surface area contributed by atoms with Gasteiger partial charge in [0.25, 0.3) is 0 Å². The minimum atomic E-state index is 0.222. The molecule has 18 heavy (non-hydrogen) atoms. The molecular weight excluding hydrogens is 270 g/mol. The van der Waals surface area contributed by atoms with Crippen molar-refractivity contribution in [3.8, 4) is 0 Å². The SMILES string of the molecule is Cc1nn(C)c(CC(=O)CC2CSCCN2)c1Cl. The molecule has 1 N–H and O–H groups in total. The van der Waals surface area contributed by atoms with Crippen LogP contribution in [-0.2, 0) is 18.3 Å². The molecule has 2 rings (SSSR count). The molecule has 0 bridgehead atoms. The first-order valence-corrected chi connectivity index (χ1v) is 7.62. The van der Waals surface area contributed by atoms with Gasteiger partial charge in [-0.25, -0.2) is 0 Å². The van der Waals surface area contributed by atoms with Gasteiger partial charge < -0.3 is 5.32 Å². The maximum atomic E-state index is 12.0. The Bertz CT molecular complexity index is 441. The Hall–Kier alpha value is -0.520. The average molecular weight is 288 g/mol. The Morgan fingerprint density at radius 2 is 2.44 bits per heavy atom. The van der Waals surface area contributed by atoms with E-state index in [1.165, 1.54) is 0 Å². The highest BCUT2D eigenvalue weighted by atomic mass is 35.5. The number of thioether (sulfide) groups is 1. The van der Waals surface area contributed by atoms with Crippen molar-refractivity contribution in [1.29, 1.82) is 0 Å². The first-order chi connectivity index (χ1) is 8.58. The van der Waals surface area contributed by atoms with Crippen LogP contribution in [-0.4, -0.2) is 39.7 Å². The molecule has 1 aliphatic rings. The van der Waals surface area contributed by atoms with Crippen LogP contribution in [0.1, 0.15) is 17.8 Å². The summed E-state index contributed by atoms with van der Waals surface area (Å²) >= 11 is 8.05. The van der Waals surface area contributed by atoms with Crippen molar-refractivity contribution in [3.63, 3.8) is 0 Å². The van der Waals surface area contributed by atoms with E-state index in [-0.39, 0.29) is 5.78 Å². The van der Waals surface area contributed by atoms with Gasteiger partial charge in [-0.05, 0) is 6.92 Å². The van der Waals surface area contributed by atoms with Gasteiger partial charge in [-0.15, -0.1) is 0 Å². The Morgan fingerprint density at radius 1 is 1.67 bits per heavy atom. The molecule has 0 aliphatic carbocycles. The molecule has 0 spiro atoms. The highest BCUT2D eigenvalue weighted by Crippen LogP contribution is 2.21. The minimum Gasteiger partial charge on any atom is -0.312 e. The standard InChI is InChI=1S/C12H18ClN3OS/c1-8-12(13)11(16(2)15-8)6-10(17)5-9-7-18-4-3-14-9/h9,14H,3-7H2,1-2H3. The lowest BCUT2D eigenvalue weighted by Crippen LogP contribution is -2.39. The van der Waals surface area contributed by atoms with E-state index in [0.717, 1.165) is 29.4 Å². The highest BCUT2D eigenvalue weighted by Gasteiger charge is 2.19. The lowest BCUT2D eigenvalue weighted by Gasteiger charge is -2.22. The molecule has 1 aromatic heterocycles. The summed E-state index contributed by atoms with van der Waals surface area (Å²) in [6.45, 7) is 2.85. The topological polar surface area (TPSA) is 46.9 Å². The molecule has 0 aromatic carbocycles. The fourth-order valence-corrected chi connectivity index (χ4v) is 3.33. The largest absolute Gasteiger partial charge is 0.312 e. The Kier molecular flexibility index (Phi) is 4.70. The van der Waals surface area contributed by atoms with Crippen molar-refractivity contribution >= 4 is 29.1 Å². The number of hydrogen-bond donors (Lipinski definition) is 1. The molecule has 0 amide bonds. The molecule has 1 saturated heterocycles. The number of nitrogens with zero attached hydrogens (tertiary/aromatic N) is 2. The van der Waals surface area contributed by atoms with Crippen LogP contribution in [0.3, 0.4) is 0 Å². The summed E-state index contributed by atoms with van der Waals surface area (Å²) < 4.78 is 1.71. The van der Waals surface area contributed by atoms with Gasteiger partial charge in [0.2, 0.25) is 0 Å². The van der Waals surface area contributed by atoms with E-state index < -0.39 is 0 Å². The molecule has 100 valence electrons. The van der Waals surface area contributed by atoms with Crippen LogP contribution in [0.2, 0.25) is 5.02 Å². The van der Waals surface area contributed by atoms with Crippen molar-refractivity contribution in [1.82, 2.24) is 15.1 Å². The molecule has 1 aliphatic heterocycles. The monoisotopic (exact) mass is 287 g/mol. The molecule has 0 radical (unpaired) electrons. The number of aromatic nitrogens is 2. The van der Waals surface area contributed by atoms with Crippen molar-refractivity contribution in [2.24, 2.45) is 7.05 Å². The second-order valence-corrected chi connectivity index (χ2v) is 6.14. The summed E-state index contributed by atoms with van der Waals surface area (Å²) in [7, 11) is 1.83. The van der Waals surface area contributed by atoms with Crippen LogP contribution in [0, 0.1) is 6.92 Å². The molecule has 6 heteroatoms. The van der Waals surface area contributed by atoms with E-state index in [0.29, 0.717) is 23.9 Å². The smallest absolute Gasteiger partial charge is 0.140 e. The van der Waals surface area contributed by atoms with Crippen LogP contribution in [0.4, 0.5) is 0 Å². The number of Topliss-reactive ketones (excluding diaryl/α,β-unsaturated/α-hetero) is 1. The Labute approximate surface area is 116 Å². The third-order valence-electron chi connectivity index (χ3n) is 3.10. The summed E-state index contributed by atoms with van der Waals surface area (Å²) in [6, 6.07) is 0.310. The summed E-state index contributed by atoms with van der Waals surface area (Å²) in [5, 5.41) is 8.22. The molecule has 1 atom stereocenters. The lowest BCUT2D eigenvalue weighted by atomic mass is 10.1. The molecule has 1 aromatic rings. The van der Waals surface area contributed by atoms with Gasteiger partial charge in [0.15, 0.2) is 0 Å². The summed E-state index contributed by atoms with van der Waals surface area (Å²) in [6.07, 6.45) is 0.951. The summed E-state index contributed by atoms with van der Waals surface area (Å²) in [5.41, 5.74) is 1.61. The molecule has 1 fully saturated rings. The zero-order chi connectivity index (χ0) is 13.1. The maximum Gasteiger partial charge on any atom is 0.140 e. The number of ketones is 1. The first-order valence-electron chi connectivity index (χ1n) is 6.08. The van der Waals surface area contributed by atoms with Crippen LogP contribution < -0.4 is 5.32 Å². The number of carbonyl (C=O) groups is 1. The zero-order valence-corrected chi connectivity index (χ0v) is 12.3. The van der Waals surface area contributed by atoms with Gasteiger partial charge in [-0.1, -0.05) is 11.6 Å². The zero-order valence-electron chi connectivity index (χ0n) is 10.7. The number of hydrogen-bond acceptors (Lipinski definition) is 4. The minimum absolute atomic E-state index is 0.222. The van der Waals surface area contributed by atoms with E-state index in [1.54, 1.807) is 4.68 Å². The van der Waals surface area contributed by atoms with E-state index in [2.05, 4.69) is 10.4 Å². The number of nitrogens with one attached hydrogen (secondary N) is 1. The lowest BCUT2D eigenvalue weighted by molar-refractivity contribution is -0.118. The molecule has 2 heterocycles. The van der Waals surface area contributed by atoms with E-state index >= 15 is 0 Å². The van der Waals surface area contributed by atoms with E-state index in [9.17, 15) is 4.79 Å². The van der Waals surface area contributed by atoms with Crippen LogP contribution in [0.25, 0.3) is 0 Å². The molecular formula is C12H18ClN3OS. The predicted octanol–water partition coefficient (Wildman–Crippen LogP) is 1.59. The number of carbonyl (C=O) groups excluding carboxylic acids is 1. The summed E-state index contributed by atoms with van der Waals surface area (Å²) in [4.78, 5) is 12.0. The van der Waals surface area contributed by atoms with Crippen LogP contribution >= 0.6 is 23.4 Å². The number of halogens is 1. The second-order valence-electron chi connectivity index (χ2n) is 4.62. The normalized spacial score (nSPS) is 20.1. The Balaban J connectivity index is 1.94. The van der Waals surface area contributed by atoms with Crippen LogP contribution in [0.5, 0.6) is 0 Å². The van der Waals surface area contributed by atoms with E-state index in [1.807, 2.05) is 25.7 Å². The first kappa shape index (κ1) is 13.9. The van der Waals surface area contributed by atoms with Crippen molar-refractivity contribution in [2.75, 3.05) is 18.1 Å². The van der Waals surface area contributed by atoms with Crippen LogP contribution in [0.15, 0.2) is 0 Å². The predicted molar refractivity (Wildman–Crippen MR) is 75.4 cm³/mol. The number of rotatable bonds is 4. The fraction of sp³-hybridized carbons (Fsp3) is 0.667. The highest BCUT2D eigenvalue weighted by molar-refractivity contribution is 7.99.